The fourth-order valence-corrected chi connectivity index (χ4v) is 2.27. The van der Waals surface area contributed by atoms with Gasteiger partial charge in [0.2, 0.25) is 11.8 Å². The minimum atomic E-state index is -0.334. The molecule has 0 aliphatic rings. The Hall–Kier alpha value is -2.24. The van der Waals surface area contributed by atoms with Crippen LogP contribution in [0.1, 0.15) is 33.1 Å². The van der Waals surface area contributed by atoms with Gasteiger partial charge in [0.15, 0.2) is 11.5 Å². The van der Waals surface area contributed by atoms with Gasteiger partial charge in [0.1, 0.15) is 6.42 Å². The number of amides is 2. The Morgan fingerprint density at radius 2 is 1.65 bits per heavy atom. The molecule has 6 heteroatoms. The molecule has 0 saturated carbocycles. The lowest BCUT2D eigenvalue weighted by molar-refractivity contribution is -0.134. The summed E-state index contributed by atoms with van der Waals surface area (Å²) in [6.45, 7) is 5.38. The van der Waals surface area contributed by atoms with Crippen molar-refractivity contribution in [1.82, 2.24) is 4.90 Å². The first kappa shape index (κ1) is 18.8. The van der Waals surface area contributed by atoms with Crippen LogP contribution in [-0.2, 0) is 9.59 Å². The fraction of sp³-hybridized carbons (Fsp3) is 0.529. The number of carbonyl (C=O) groups is 2. The highest BCUT2D eigenvalue weighted by Gasteiger charge is 2.16. The molecule has 0 fully saturated rings. The summed E-state index contributed by atoms with van der Waals surface area (Å²) in [5.74, 6) is 0.625. The van der Waals surface area contributed by atoms with Gasteiger partial charge >= 0.3 is 0 Å². The van der Waals surface area contributed by atoms with E-state index in [9.17, 15) is 9.59 Å². The second-order valence-corrected chi connectivity index (χ2v) is 5.18. The van der Waals surface area contributed by atoms with E-state index in [1.54, 1.807) is 30.2 Å². The number of hydrogen-bond donors (Lipinski definition) is 1. The summed E-state index contributed by atoms with van der Waals surface area (Å²) in [6.07, 6.45) is 1.60. The highest BCUT2D eigenvalue weighted by atomic mass is 16.5. The van der Waals surface area contributed by atoms with Gasteiger partial charge in [0.05, 0.1) is 14.2 Å². The summed E-state index contributed by atoms with van der Waals surface area (Å²) in [7, 11) is 3.07. The Morgan fingerprint density at radius 1 is 1.04 bits per heavy atom. The first-order chi connectivity index (χ1) is 11.0. The highest BCUT2D eigenvalue weighted by Crippen LogP contribution is 2.29. The van der Waals surface area contributed by atoms with E-state index in [1.807, 2.05) is 13.8 Å². The highest BCUT2D eigenvalue weighted by molar-refractivity contribution is 6.03. The first-order valence-electron chi connectivity index (χ1n) is 7.85. The van der Waals surface area contributed by atoms with Crippen LogP contribution in [0.15, 0.2) is 18.2 Å². The third-order valence-electron chi connectivity index (χ3n) is 3.32. The van der Waals surface area contributed by atoms with Gasteiger partial charge in [0, 0.05) is 24.8 Å². The standard InChI is InChI=1S/C17H26N2O4/c1-5-9-19(10-6-2)17(21)12-16(20)18-13-7-8-14(22-3)15(11-13)23-4/h7-8,11H,5-6,9-10,12H2,1-4H3,(H,18,20). The van der Waals surface area contributed by atoms with Crippen molar-refractivity contribution in [2.45, 2.75) is 33.1 Å². The molecule has 0 radical (unpaired) electrons. The van der Waals surface area contributed by atoms with Crippen LogP contribution >= 0.6 is 0 Å². The summed E-state index contributed by atoms with van der Waals surface area (Å²) in [6, 6.07) is 5.08. The molecule has 6 nitrogen and oxygen atoms in total. The Bertz CT molecular complexity index is 525. The summed E-state index contributed by atoms with van der Waals surface area (Å²) in [5, 5.41) is 2.72. The normalized spacial score (nSPS) is 10.1. The van der Waals surface area contributed by atoms with Gasteiger partial charge in [-0.15, -0.1) is 0 Å². The molecule has 2 amide bonds. The molecule has 0 unspecified atom stereocenters. The van der Waals surface area contributed by atoms with Crippen LogP contribution < -0.4 is 14.8 Å². The lowest BCUT2D eigenvalue weighted by Gasteiger charge is -2.21. The zero-order chi connectivity index (χ0) is 17.2. The minimum absolute atomic E-state index is 0.147. The largest absolute Gasteiger partial charge is 0.493 e. The summed E-state index contributed by atoms with van der Waals surface area (Å²) in [5.41, 5.74) is 0.568. The van der Waals surface area contributed by atoms with Crippen LogP contribution in [0.5, 0.6) is 11.5 Å². The van der Waals surface area contributed by atoms with Crippen molar-refractivity contribution in [3.05, 3.63) is 18.2 Å². The summed E-state index contributed by atoms with van der Waals surface area (Å²) >= 11 is 0. The average Bonchev–Trinajstić information content (AvgIpc) is 2.54. The number of methoxy groups -OCH3 is 2. The lowest BCUT2D eigenvalue weighted by atomic mass is 10.2. The molecule has 0 spiro atoms. The van der Waals surface area contributed by atoms with E-state index in [0.29, 0.717) is 30.3 Å². The van der Waals surface area contributed by atoms with Crippen molar-refractivity contribution in [3.8, 4) is 11.5 Å². The van der Waals surface area contributed by atoms with Crippen molar-refractivity contribution in [2.24, 2.45) is 0 Å². The van der Waals surface area contributed by atoms with Crippen molar-refractivity contribution in [3.63, 3.8) is 0 Å². The number of nitrogens with one attached hydrogen (secondary N) is 1. The molecule has 0 aliphatic heterocycles. The van der Waals surface area contributed by atoms with E-state index in [2.05, 4.69) is 5.32 Å². The maximum atomic E-state index is 12.2. The maximum Gasteiger partial charge on any atom is 0.233 e. The number of rotatable bonds is 9. The number of anilines is 1. The molecule has 1 rings (SSSR count). The van der Waals surface area contributed by atoms with E-state index in [-0.39, 0.29) is 18.2 Å². The Labute approximate surface area is 137 Å². The predicted molar refractivity (Wildman–Crippen MR) is 90.0 cm³/mol. The Kier molecular flexibility index (Phi) is 7.94. The number of hydrogen-bond acceptors (Lipinski definition) is 4. The van der Waals surface area contributed by atoms with Gasteiger partial charge in [0.25, 0.3) is 0 Å². The quantitative estimate of drug-likeness (QED) is 0.710. The zero-order valence-corrected chi connectivity index (χ0v) is 14.3. The molecule has 1 aromatic rings. The Morgan fingerprint density at radius 3 is 2.17 bits per heavy atom. The monoisotopic (exact) mass is 322 g/mol. The van der Waals surface area contributed by atoms with E-state index in [4.69, 9.17) is 9.47 Å². The second-order valence-electron chi connectivity index (χ2n) is 5.18. The van der Waals surface area contributed by atoms with Crippen LogP contribution in [0.4, 0.5) is 5.69 Å². The molecule has 0 saturated heterocycles. The van der Waals surface area contributed by atoms with Gasteiger partial charge in [-0.1, -0.05) is 13.8 Å². The number of benzene rings is 1. The average molecular weight is 322 g/mol. The van der Waals surface area contributed by atoms with Gasteiger partial charge in [-0.05, 0) is 25.0 Å². The zero-order valence-electron chi connectivity index (χ0n) is 14.3. The van der Waals surface area contributed by atoms with Crippen LogP contribution in [0, 0.1) is 0 Å². The van der Waals surface area contributed by atoms with Gasteiger partial charge in [-0.25, -0.2) is 0 Å². The topological polar surface area (TPSA) is 67.9 Å². The number of carbonyl (C=O) groups excluding carboxylic acids is 2. The van der Waals surface area contributed by atoms with Crippen LogP contribution in [-0.4, -0.2) is 44.0 Å². The molecular formula is C17H26N2O4. The molecule has 0 heterocycles. The smallest absolute Gasteiger partial charge is 0.233 e. The van der Waals surface area contributed by atoms with Crippen LogP contribution in [0.2, 0.25) is 0 Å². The molecule has 128 valence electrons. The Balaban J connectivity index is 2.67. The van der Waals surface area contributed by atoms with Crippen LogP contribution in [0.25, 0.3) is 0 Å². The molecule has 0 atom stereocenters. The molecule has 0 aliphatic carbocycles. The third kappa shape index (κ3) is 5.81. The molecule has 0 aromatic heterocycles. The van der Waals surface area contributed by atoms with E-state index < -0.39 is 0 Å². The van der Waals surface area contributed by atoms with E-state index in [1.165, 1.54) is 7.11 Å². The molecule has 1 aromatic carbocycles. The van der Waals surface area contributed by atoms with Crippen molar-refractivity contribution < 1.29 is 19.1 Å². The van der Waals surface area contributed by atoms with E-state index >= 15 is 0 Å². The van der Waals surface area contributed by atoms with E-state index in [0.717, 1.165) is 12.8 Å². The third-order valence-corrected chi connectivity index (χ3v) is 3.32. The summed E-state index contributed by atoms with van der Waals surface area (Å²) < 4.78 is 10.3. The fourth-order valence-electron chi connectivity index (χ4n) is 2.27. The molecule has 0 bridgehead atoms. The predicted octanol–water partition coefficient (Wildman–Crippen LogP) is 2.68. The van der Waals surface area contributed by atoms with Crippen LogP contribution in [0.3, 0.4) is 0 Å². The minimum Gasteiger partial charge on any atom is -0.493 e. The van der Waals surface area contributed by atoms with Crippen molar-refractivity contribution >= 4 is 17.5 Å². The molecule has 23 heavy (non-hydrogen) atoms. The second kappa shape index (κ2) is 9.71. The SMILES string of the molecule is CCCN(CCC)C(=O)CC(=O)Nc1ccc(OC)c(OC)c1. The molecule has 1 N–H and O–H groups in total. The van der Waals surface area contributed by atoms with Crippen molar-refractivity contribution in [1.29, 1.82) is 0 Å². The lowest BCUT2D eigenvalue weighted by Crippen LogP contribution is -2.35. The van der Waals surface area contributed by atoms with Gasteiger partial charge in [-0.2, -0.15) is 0 Å². The number of ether oxygens (including phenoxy) is 2. The first-order valence-corrected chi connectivity index (χ1v) is 7.85. The van der Waals surface area contributed by atoms with Gasteiger partial charge in [-0.3, -0.25) is 9.59 Å². The number of nitrogens with zero attached hydrogens (tertiary/aromatic N) is 1. The molecular weight excluding hydrogens is 296 g/mol. The van der Waals surface area contributed by atoms with Gasteiger partial charge < -0.3 is 19.7 Å². The summed E-state index contributed by atoms with van der Waals surface area (Å²) in [4.78, 5) is 26.0. The van der Waals surface area contributed by atoms with Crippen molar-refractivity contribution in [2.75, 3.05) is 32.6 Å². The maximum absolute atomic E-state index is 12.2.